The second kappa shape index (κ2) is 8.63. The van der Waals surface area contributed by atoms with E-state index in [1.165, 1.54) is 29.2 Å². The maximum atomic E-state index is 12.6. The van der Waals surface area contributed by atoms with Crippen LogP contribution in [0, 0.1) is 10.1 Å². The van der Waals surface area contributed by atoms with Crippen molar-refractivity contribution < 1.29 is 14.5 Å². The zero-order valence-corrected chi connectivity index (χ0v) is 17.3. The van der Waals surface area contributed by atoms with E-state index in [-0.39, 0.29) is 18.1 Å². The smallest absolute Gasteiger partial charge is 0.269 e. The minimum Gasteiger partial charge on any atom is -0.325 e. The first kappa shape index (κ1) is 20.2. The van der Waals surface area contributed by atoms with E-state index in [0.29, 0.717) is 14.9 Å². The van der Waals surface area contributed by atoms with Gasteiger partial charge in [0.1, 0.15) is 10.9 Å². The lowest BCUT2D eigenvalue weighted by molar-refractivity contribution is -0.384. The largest absolute Gasteiger partial charge is 0.325 e. The predicted octanol–water partition coefficient (Wildman–Crippen LogP) is 4.20. The maximum absolute atomic E-state index is 12.6. The van der Waals surface area contributed by atoms with Crippen LogP contribution in [-0.2, 0) is 9.59 Å². The van der Waals surface area contributed by atoms with Crippen molar-refractivity contribution >= 4 is 73.5 Å². The van der Waals surface area contributed by atoms with Gasteiger partial charge in [-0.15, -0.1) is 0 Å². The van der Waals surface area contributed by atoms with Crippen LogP contribution < -0.4 is 5.32 Å². The van der Waals surface area contributed by atoms with Gasteiger partial charge in [-0.1, -0.05) is 52.0 Å². The molecule has 2 amide bonds. The van der Waals surface area contributed by atoms with Gasteiger partial charge in [0.15, 0.2) is 0 Å². The number of amides is 2. The first-order valence-corrected chi connectivity index (χ1v) is 9.90. The van der Waals surface area contributed by atoms with Crippen molar-refractivity contribution in [2.45, 2.75) is 0 Å². The minimum atomic E-state index is -0.524. The summed E-state index contributed by atoms with van der Waals surface area (Å²) in [6.45, 7) is -0.237. The van der Waals surface area contributed by atoms with Crippen LogP contribution >= 0.6 is 39.9 Å². The monoisotopic (exact) mass is 477 g/mol. The van der Waals surface area contributed by atoms with E-state index in [4.69, 9.17) is 12.2 Å². The third-order valence-electron chi connectivity index (χ3n) is 3.70. The molecule has 1 saturated heterocycles. The summed E-state index contributed by atoms with van der Waals surface area (Å²) in [6, 6.07) is 12.9. The van der Waals surface area contributed by atoms with Gasteiger partial charge in [-0.2, -0.15) is 0 Å². The van der Waals surface area contributed by atoms with E-state index in [1.807, 2.05) is 24.3 Å². The first-order valence-electron chi connectivity index (χ1n) is 7.89. The number of non-ortho nitro benzene ring substituents is 1. The number of benzene rings is 2. The van der Waals surface area contributed by atoms with Crippen LogP contribution in [0.1, 0.15) is 5.56 Å². The maximum Gasteiger partial charge on any atom is 0.269 e. The van der Waals surface area contributed by atoms with E-state index in [0.717, 1.165) is 21.8 Å². The number of carbonyl (C=O) groups is 2. The average molecular weight is 478 g/mol. The molecule has 1 fully saturated rings. The Morgan fingerprint density at radius 3 is 2.46 bits per heavy atom. The summed E-state index contributed by atoms with van der Waals surface area (Å²) in [6.07, 6.45) is 1.72. The van der Waals surface area contributed by atoms with Gasteiger partial charge in [0.2, 0.25) is 5.91 Å². The Labute approximate surface area is 178 Å². The van der Waals surface area contributed by atoms with E-state index in [2.05, 4.69) is 21.2 Å². The Morgan fingerprint density at radius 1 is 1.21 bits per heavy atom. The minimum absolute atomic E-state index is 0.0759. The molecule has 10 heteroatoms. The van der Waals surface area contributed by atoms with Gasteiger partial charge in [0.25, 0.3) is 11.6 Å². The molecule has 0 bridgehead atoms. The molecule has 0 aromatic heterocycles. The van der Waals surface area contributed by atoms with Gasteiger partial charge in [-0.05, 0) is 35.9 Å². The van der Waals surface area contributed by atoms with Crippen molar-refractivity contribution in [2.24, 2.45) is 0 Å². The fraction of sp³-hybridized carbons (Fsp3) is 0.0556. The normalized spacial score (nSPS) is 15.2. The van der Waals surface area contributed by atoms with Crippen LogP contribution in [0.3, 0.4) is 0 Å². The Kier molecular flexibility index (Phi) is 6.22. The standard InChI is InChI=1S/C18H12BrN3O4S2/c19-12-3-1-11(2-4-12)9-15-17(24)21(18(27)28-15)10-16(23)20-13-5-7-14(8-6-13)22(25)26/h1-9H,10H2,(H,20,23)/b15-9-. The van der Waals surface area contributed by atoms with Crippen molar-refractivity contribution in [3.05, 3.63) is 73.6 Å². The topological polar surface area (TPSA) is 92.6 Å². The molecule has 0 spiro atoms. The Morgan fingerprint density at radius 2 is 1.86 bits per heavy atom. The number of carbonyl (C=O) groups excluding carboxylic acids is 2. The summed E-state index contributed by atoms with van der Waals surface area (Å²) in [5.41, 5.74) is 1.17. The van der Waals surface area contributed by atoms with E-state index in [9.17, 15) is 19.7 Å². The summed E-state index contributed by atoms with van der Waals surface area (Å²) in [4.78, 5) is 36.6. The molecule has 0 saturated carbocycles. The number of hydrogen-bond acceptors (Lipinski definition) is 6. The summed E-state index contributed by atoms with van der Waals surface area (Å²) in [5.74, 6) is -0.785. The number of rotatable bonds is 5. The van der Waals surface area contributed by atoms with Gasteiger partial charge in [-0.3, -0.25) is 24.6 Å². The number of thiocarbonyl (C=S) groups is 1. The lowest BCUT2D eigenvalue weighted by atomic mass is 10.2. The highest BCUT2D eigenvalue weighted by atomic mass is 79.9. The van der Waals surface area contributed by atoms with Gasteiger partial charge in [0.05, 0.1) is 9.83 Å². The SMILES string of the molecule is O=C(CN1C(=O)/C(=C/c2ccc(Br)cc2)SC1=S)Nc1ccc([N+](=O)[O-])cc1. The molecule has 1 N–H and O–H groups in total. The fourth-order valence-electron chi connectivity index (χ4n) is 2.36. The van der Waals surface area contributed by atoms with Crippen LogP contribution in [0.5, 0.6) is 0 Å². The quantitative estimate of drug-likeness (QED) is 0.300. The zero-order valence-electron chi connectivity index (χ0n) is 14.1. The van der Waals surface area contributed by atoms with Crippen LogP contribution in [-0.4, -0.2) is 32.5 Å². The van der Waals surface area contributed by atoms with Crippen molar-refractivity contribution in [3.8, 4) is 0 Å². The molecule has 2 aromatic rings. The molecule has 1 heterocycles. The second-order valence-corrected chi connectivity index (χ2v) is 8.26. The molecule has 0 aliphatic carbocycles. The third-order valence-corrected chi connectivity index (χ3v) is 5.61. The van der Waals surface area contributed by atoms with Crippen molar-refractivity contribution in [1.29, 1.82) is 0 Å². The first-order chi connectivity index (χ1) is 13.3. The highest BCUT2D eigenvalue weighted by Crippen LogP contribution is 2.32. The molecule has 142 valence electrons. The molecule has 28 heavy (non-hydrogen) atoms. The lowest BCUT2D eigenvalue weighted by Gasteiger charge is -2.14. The number of nitro groups is 1. The van der Waals surface area contributed by atoms with Gasteiger partial charge < -0.3 is 5.32 Å². The molecule has 3 rings (SSSR count). The average Bonchev–Trinajstić information content (AvgIpc) is 2.91. The van der Waals surface area contributed by atoms with Crippen LogP contribution in [0.15, 0.2) is 57.9 Å². The number of nitro benzene ring substituents is 1. The molecule has 2 aromatic carbocycles. The summed E-state index contributed by atoms with van der Waals surface area (Å²) in [7, 11) is 0. The van der Waals surface area contributed by atoms with E-state index >= 15 is 0 Å². The number of nitrogens with one attached hydrogen (secondary N) is 1. The molecule has 0 radical (unpaired) electrons. The number of thioether (sulfide) groups is 1. The molecule has 7 nitrogen and oxygen atoms in total. The predicted molar refractivity (Wildman–Crippen MR) is 116 cm³/mol. The molecular formula is C18H12BrN3O4S2. The molecule has 0 unspecified atom stereocenters. The van der Waals surface area contributed by atoms with Gasteiger partial charge in [-0.25, -0.2) is 0 Å². The Hall–Kier alpha value is -2.56. The Bertz CT molecular complexity index is 991. The number of halogens is 1. The van der Waals surface area contributed by atoms with Crippen LogP contribution in [0.2, 0.25) is 0 Å². The fourth-order valence-corrected chi connectivity index (χ4v) is 3.88. The highest BCUT2D eigenvalue weighted by Gasteiger charge is 2.33. The summed E-state index contributed by atoms with van der Waals surface area (Å²) in [5, 5.41) is 13.3. The molecule has 1 aliphatic rings. The molecular weight excluding hydrogens is 466 g/mol. The molecule has 1 aliphatic heterocycles. The van der Waals surface area contributed by atoms with Crippen molar-refractivity contribution in [1.82, 2.24) is 4.90 Å². The van der Waals surface area contributed by atoms with Crippen molar-refractivity contribution in [3.63, 3.8) is 0 Å². The van der Waals surface area contributed by atoms with Gasteiger partial charge in [0, 0.05) is 22.3 Å². The van der Waals surface area contributed by atoms with Gasteiger partial charge >= 0.3 is 0 Å². The second-order valence-electron chi connectivity index (χ2n) is 5.67. The number of nitrogens with zero attached hydrogens (tertiary/aromatic N) is 2. The van der Waals surface area contributed by atoms with Crippen LogP contribution in [0.4, 0.5) is 11.4 Å². The Balaban J connectivity index is 1.65. The number of hydrogen-bond donors (Lipinski definition) is 1. The highest BCUT2D eigenvalue weighted by molar-refractivity contribution is 9.10. The lowest BCUT2D eigenvalue weighted by Crippen LogP contribution is -2.36. The number of anilines is 1. The third kappa shape index (κ3) is 4.83. The van der Waals surface area contributed by atoms with E-state index in [1.54, 1.807) is 6.08 Å². The summed E-state index contributed by atoms with van der Waals surface area (Å²) >= 11 is 9.72. The summed E-state index contributed by atoms with van der Waals surface area (Å²) < 4.78 is 1.23. The van der Waals surface area contributed by atoms with Crippen molar-refractivity contribution in [2.75, 3.05) is 11.9 Å². The molecule has 0 atom stereocenters. The zero-order chi connectivity index (χ0) is 20.3. The van der Waals surface area contributed by atoms with E-state index < -0.39 is 10.8 Å². The van der Waals surface area contributed by atoms with Crippen LogP contribution in [0.25, 0.3) is 6.08 Å².